The summed E-state index contributed by atoms with van der Waals surface area (Å²) in [4.78, 5) is 0. The van der Waals surface area contributed by atoms with Gasteiger partial charge in [-0.2, -0.15) is 5.11 Å². The Morgan fingerprint density at radius 3 is 2.86 bits per heavy atom. The quantitative estimate of drug-likeness (QED) is 0.696. The van der Waals surface area contributed by atoms with Crippen LogP contribution in [0.5, 0.6) is 5.88 Å². The van der Waals surface area contributed by atoms with Gasteiger partial charge in [-0.15, -0.1) is 0 Å². The van der Waals surface area contributed by atoms with Crippen LogP contribution in [0.1, 0.15) is 0 Å². The number of hydrogen-bond donors (Lipinski definition) is 2. The fraction of sp³-hybridized carbons (Fsp3) is 0.111. The van der Waals surface area contributed by atoms with E-state index >= 15 is 0 Å². The molecule has 0 aliphatic heterocycles. The highest BCUT2D eigenvalue weighted by molar-refractivity contribution is 6.31. The van der Waals surface area contributed by atoms with Crippen molar-refractivity contribution >= 4 is 28.2 Å². The molecule has 2 rings (SSSR count). The van der Waals surface area contributed by atoms with E-state index in [1.54, 1.807) is 29.8 Å². The Balaban J connectivity index is 2.96. The molecule has 1 aromatic carbocycles. The van der Waals surface area contributed by atoms with Crippen LogP contribution in [0.25, 0.3) is 10.9 Å². The number of hydrogen-bond acceptors (Lipinski definition) is 3. The lowest BCUT2D eigenvalue weighted by Gasteiger charge is -1.95. The van der Waals surface area contributed by atoms with E-state index in [9.17, 15) is 5.11 Å². The van der Waals surface area contributed by atoms with Crippen LogP contribution in [0, 0.1) is 5.53 Å². The second-order valence-corrected chi connectivity index (χ2v) is 3.44. The zero-order valence-electron chi connectivity index (χ0n) is 7.45. The van der Waals surface area contributed by atoms with Crippen molar-refractivity contribution in [2.45, 2.75) is 0 Å². The maximum absolute atomic E-state index is 9.62. The molecule has 72 valence electrons. The minimum atomic E-state index is -0.0164. The zero-order valence-corrected chi connectivity index (χ0v) is 8.21. The number of fused-ring (bicyclic) bond motifs is 1. The highest BCUT2D eigenvalue weighted by Crippen LogP contribution is 2.38. The van der Waals surface area contributed by atoms with Gasteiger partial charge in [-0.25, -0.2) is 5.53 Å². The number of aromatic hydroxyl groups is 1. The van der Waals surface area contributed by atoms with Gasteiger partial charge in [-0.05, 0) is 18.2 Å². The van der Waals surface area contributed by atoms with Crippen molar-refractivity contribution in [3.05, 3.63) is 23.2 Å². The summed E-state index contributed by atoms with van der Waals surface area (Å²) in [6.07, 6.45) is 0. The molecule has 2 aromatic rings. The molecule has 4 nitrogen and oxygen atoms in total. The summed E-state index contributed by atoms with van der Waals surface area (Å²) in [7, 11) is 1.71. The van der Waals surface area contributed by atoms with Gasteiger partial charge in [0, 0.05) is 17.5 Å². The van der Waals surface area contributed by atoms with E-state index in [1.165, 1.54) is 0 Å². The number of halogens is 1. The lowest BCUT2D eigenvalue weighted by molar-refractivity contribution is 0.436. The third-order valence-corrected chi connectivity index (χ3v) is 2.45. The molecule has 0 atom stereocenters. The molecule has 0 amide bonds. The van der Waals surface area contributed by atoms with Gasteiger partial charge in [0.1, 0.15) is 0 Å². The molecule has 2 N–H and O–H groups in total. The number of nitrogens with zero attached hydrogens (tertiary/aromatic N) is 2. The normalized spacial score (nSPS) is 10.7. The fourth-order valence-electron chi connectivity index (χ4n) is 1.49. The fourth-order valence-corrected chi connectivity index (χ4v) is 1.67. The van der Waals surface area contributed by atoms with Crippen molar-refractivity contribution in [3.8, 4) is 5.88 Å². The minimum Gasteiger partial charge on any atom is -0.493 e. The first kappa shape index (κ1) is 9.02. The Bertz CT molecular complexity index is 518. The Morgan fingerprint density at radius 1 is 1.50 bits per heavy atom. The summed E-state index contributed by atoms with van der Waals surface area (Å²) in [5.41, 5.74) is 8.02. The molecule has 0 saturated carbocycles. The second-order valence-electron chi connectivity index (χ2n) is 3.00. The van der Waals surface area contributed by atoms with Crippen LogP contribution in [0.4, 0.5) is 5.69 Å². The van der Waals surface area contributed by atoms with E-state index in [1.807, 2.05) is 0 Å². The molecule has 0 aliphatic rings. The van der Waals surface area contributed by atoms with Crippen LogP contribution in [0.3, 0.4) is 0 Å². The molecule has 1 aromatic heterocycles. The van der Waals surface area contributed by atoms with Gasteiger partial charge in [0.2, 0.25) is 5.88 Å². The number of aromatic nitrogens is 1. The molecule has 0 bridgehead atoms. The first-order valence-electron chi connectivity index (χ1n) is 3.99. The summed E-state index contributed by atoms with van der Waals surface area (Å²) in [6, 6.07) is 5.20. The highest BCUT2D eigenvalue weighted by Gasteiger charge is 2.13. The van der Waals surface area contributed by atoms with Gasteiger partial charge in [0.15, 0.2) is 5.69 Å². The molecular formula is C9H8ClN3O. The molecule has 0 spiro atoms. The van der Waals surface area contributed by atoms with Gasteiger partial charge in [-0.3, -0.25) is 0 Å². The van der Waals surface area contributed by atoms with Crippen LogP contribution in [-0.2, 0) is 7.05 Å². The van der Waals surface area contributed by atoms with E-state index in [0.29, 0.717) is 10.4 Å². The van der Waals surface area contributed by atoms with Gasteiger partial charge in [-0.1, -0.05) is 11.6 Å². The third kappa shape index (κ3) is 1.08. The second kappa shape index (κ2) is 2.99. The molecular weight excluding hydrogens is 202 g/mol. The van der Waals surface area contributed by atoms with Crippen LogP contribution in [-0.4, -0.2) is 9.67 Å². The first-order chi connectivity index (χ1) is 6.65. The Kier molecular flexibility index (Phi) is 1.93. The molecule has 0 fully saturated rings. The SMILES string of the molecule is Cn1c(O)c(N=N)c2cc(Cl)ccc21. The molecule has 0 radical (unpaired) electrons. The van der Waals surface area contributed by atoms with Crippen LogP contribution in [0.2, 0.25) is 5.02 Å². The van der Waals surface area contributed by atoms with Crippen molar-refractivity contribution in [1.82, 2.24) is 4.57 Å². The van der Waals surface area contributed by atoms with E-state index < -0.39 is 0 Å². The first-order valence-corrected chi connectivity index (χ1v) is 4.37. The summed E-state index contributed by atoms with van der Waals surface area (Å²) >= 11 is 5.82. The summed E-state index contributed by atoms with van der Waals surface area (Å²) in [5, 5.41) is 14.1. The van der Waals surface area contributed by atoms with Crippen LogP contribution < -0.4 is 0 Å². The zero-order chi connectivity index (χ0) is 10.3. The van der Waals surface area contributed by atoms with Crippen LogP contribution in [0.15, 0.2) is 23.3 Å². The Hall–Kier alpha value is -1.55. The van der Waals surface area contributed by atoms with Crippen molar-refractivity contribution in [2.75, 3.05) is 0 Å². The summed E-state index contributed by atoms with van der Waals surface area (Å²) in [5.74, 6) is -0.0164. The van der Waals surface area contributed by atoms with Gasteiger partial charge in [0.25, 0.3) is 0 Å². The Morgan fingerprint density at radius 2 is 2.21 bits per heavy atom. The number of benzene rings is 1. The average molecular weight is 210 g/mol. The molecule has 0 aliphatic carbocycles. The van der Waals surface area contributed by atoms with E-state index in [4.69, 9.17) is 17.1 Å². The molecule has 0 saturated heterocycles. The molecule has 14 heavy (non-hydrogen) atoms. The van der Waals surface area contributed by atoms with Gasteiger partial charge >= 0.3 is 0 Å². The maximum atomic E-state index is 9.62. The maximum Gasteiger partial charge on any atom is 0.220 e. The van der Waals surface area contributed by atoms with E-state index in [-0.39, 0.29) is 11.6 Å². The highest BCUT2D eigenvalue weighted by atomic mass is 35.5. The molecule has 5 heteroatoms. The standard InChI is InChI=1S/C9H8ClN3O/c1-13-7-3-2-5(10)4-6(7)8(12-11)9(13)14/h2-4,11,14H,1H3. The topological polar surface area (TPSA) is 61.4 Å². The largest absolute Gasteiger partial charge is 0.493 e. The van der Waals surface area contributed by atoms with Crippen molar-refractivity contribution in [3.63, 3.8) is 0 Å². The Labute approximate surface area is 85.2 Å². The number of rotatable bonds is 1. The minimum absolute atomic E-state index is 0.0164. The lowest BCUT2D eigenvalue weighted by Crippen LogP contribution is -1.84. The molecule has 0 unspecified atom stereocenters. The van der Waals surface area contributed by atoms with Crippen molar-refractivity contribution in [1.29, 1.82) is 5.53 Å². The van der Waals surface area contributed by atoms with Crippen LogP contribution >= 0.6 is 11.6 Å². The van der Waals surface area contributed by atoms with Crippen molar-refractivity contribution in [2.24, 2.45) is 12.2 Å². The van der Waals surface area contributed by atoms with E-state index in [0.717, 1.165) is 5.52 Å². The van der Waals surface area contributed by atoms with Gasteiger partial charge < -0.3 is 9.67 Å². The predicted molar refractivity (Wildman–Crippen MR) is 54.4 cm³/mol. The number of aryl methyl sites for hydroxylation is 1. The summed E-state index contributed by atoms with van der Waals surface area (Å²) < 4.78 is 1.57. The lowest BCUT2D eigenvalue weighted by atomic mass is 10.2. The average Bonchev–Trinajstić information content (AvgIpc) is 2.39. The van der Waals surface area contributed by atoms with Crippen molar-refractivity contribution < 1.29 is 5.11 Å². The van der Waals surface area contributed by atoms with E-state index in [2.05, 4.69) is 5.11 Å². The predicted octanol–water partition coefficient (Wildman–Crippen LogP) is 3.20. The number of nitrogens with one attached hydrogen (secondary N) is 1. The smallest absolute Gasteiger partial charge is 0.220 e. The monoisotopic (exact) mass is 209 g/mol. The molecule has 1 heterocycles. The third-order valence-electron chi connectivity index (χ3n) is 2.22. The van der Waals surface area contributed by atoms with Gasteiger partial charge in [0.05, 0.1) is 5.52 Å². The summed E-state index contributed by atoms with van der Waals surface area (Å²) in [6.45, 7) is 0.